The van der Waals surface area contributed by atoms with Gasteiger partial charge in [0, 0.05) is 12.2 Å². The molecule has 0 rings (SSSR count). The molecule has 0 aromatic heterocycles. The molecule has 1 N–H and O–H groups in total. The van der Waals surface area contributed by atoms with Gasteiger partial charge >= 0.3 is 0 Å². The van der Waals surface area contributed by atoms with Gasteiger partial charge in [-0.15, -0.1) is 0 Å². The third kappa shape index (κ3) is 7.50. The van der Waals surface area contributed by atoms with Crippen molar-refractivity contribution in [2.24, 2.45) is 5.41 Å². The second-order valence-corrected chi connectivity index (χ2v) is 4.27. The number of rotatable bonds is 4. The van der Waals surface area contributed by atoms with Crippen molar-refractivity contribution in [3.63, 3.8) is 0 Å². The Morgan fingerprint density at radius 1 is 1.45 bits per heavy atom. The maximum atomic E-state index is 3.97. The summed E-state index contributed by atoms with van der Waals surface area (Å²) in [4.78, 5) is 0. The first kappa shape index (κ1) is 10.6. The summed E-state index contributed by atoms with van der Waals surface area (Å²) in [5.41, 5.74) is 1.53. The van der Waals surface area contributed by atoms with E-state index in [1.165, 1.54) is 12.0 Å². The van der Waals surface area contributed by atoms with Crippen LogP contribution in [0.15, 0.2) is 12.3 Å². The van der Waals surface area contributed by atoms with E-state index >= 15 is 0 Å². The predicted molar refractivity (Wildman–Crippen MR) is 54.6 cm³/mol. The molecule has 0 aliphatic carbocycles. The highest BCUT2D eigenvalue weighted by molar-refractivity contribution is 6.08. The van der Waals surface area contributed by atoms with E-state index in [-0.39, 0.29) is 0 Å². The van der Waals surface area contributed by atoms with Crippen LogP contribution in [-0.4, -0.2) is 14.4 Å². The summed E-state index contributed by atoms with van der Waals surface area (Å²) in [5.74, 6) is 0. The minimum atomic E-state index is 0.359. The molecule has 0 unspecified atom stereocenters. The van der Waals surface area contributed by atoms with Crippen molar-refractivity contribution < 1.29 is 0 Å². The quantitative estimate of drug-likeness (QED) is 0.604. The van der Waals surface area contributed by atoms with Crippen molar-refractivity contribution >= 4 is 7.85 Å². The van der Waals surface area contributed by atoms with Gasteiger partial charge in [-0.05, 0) is 11.8 Å². The van der Waals surface area contributed by atoms with Gasteiger partial charge in [0.1, 0.15) is 7.85 Å². The summed E-state index contributed by atoms with van der Waals surface area (Å²) >= 11 is 0. The molecule has 0 fully saturated rings. The minimum Gasteiger partial charge on any atom is -0.390 e. The van der Waals surface area contributed by atoms with Gasteiger partial charge in [0.05, 0.1) is 0 Å². The summed E-state index contributed by atoms with van der Waals surface area (Å²) in [7, 11) is 2.16. The van der Waals surface area contributed by atoms with Gasteiger partial charge in [0.25, 0.3) is 0 Å². The van der Waals surface area contributed by atoms with E-state index in [2.05, 4.69) is 40.5 Å². The Balaban J connectivity index is 3.53. The van der Waals surface area contributed by atoms with Crippen molar-refractivity contribution in [2.45, 2.75) is 33.5 Å². The largest absolute Gasteiger partial charge is 0.390 e. The van der Waals surface area contributed by atoms with E-state index in [0.29, 0.717) is 5.41 Å². The van der Waals surface area contributed by atoms with E-state index < -0.39 is 0 Å². The average molecular weight is 153 g/mol. The molecule has 0 atom stereocenters. The lowest BCUT2D eigenvalue weighted by Crippen LogP contribution is -2.18. The lowest BCUT2D eigenvalue weighted by molar-refractivity contribution is 0.400. The van der Waals surface area contributed by atoms with Crippen LogP contribution in [0.2, 0.25) is 6.32 Å². The van der Waals surface area contributed by atoms with E-state index in [1.807, 2.05) is 0 Å². The lowest BCUT2D eigenvalue weighted by Gasteiger charge is -2.20. The molecule has 0 aromatic rings. The highest BCUT2D eigenvalue weighted by atomic mass is 14.9. The fourth-order valence-electron chi connectivity index (χ4n) is 1.00. The SMILES string of the molecule is BCCNC(=C)CC(C)(C)C. The summed E-state index contributed by atoms with van der Waals surface area (Å²) in [6.07, 6.45) is 2.23. The van der Waals surface area contributed by atoms with Crippen LogP contribution in [-0.2, 0) is 0 Å². The van der Waals surface area contributed by atoms with Crippen LogP contribution in [0.25, 0.3) is 0 Å². The maximum Gasteiger partial charge on any atom is 0.103 e. The molecule has 0 spiro atoms. The first-order valence-electron chi connectivity index (χ1n) is 4.37. The van der Waals surface area contributed by atoms with Crippen molar-refractivity contribution in [2.75, 3.05) is 6.54 Å². The van der Waals surface area contributed by atoms with Crippen molar-refractivity contribution in [3.05, 3.63) is 12.3 Å². The summed E-state index contributed by atoms with van der Waals surface area (Å²) in [6.45, 7) is 11.7. The minimum absolute atomic E-state index is 0.359. The Kier molecular flexibility index (Phi) is 4.32. The topological polar surface area (TPSA) is 12.0 Å². The number of allylic oxidation sites excluding steroid dienone is 1. The summed E-state index contributed by atoms with van der Waals surface area (Å²) in [6, 6.07) is 0. The fraction of sp³-hybridized carbons (Fsp3) is 0.778. The normalized spacial score (nSPS) is 11.2. The van der Waals surface area contributed by atoms with E-state index in [4.69, 9.17) is 0 Å². The predicted octanol–water partition coefficient (Wildman–Crippen LogP) is 1.58. The molecule has 0 radical (unpaired) electrons. The molecule has 0 heterocycles. The van der Waals surface area contributed by atoms with Crippen LogP contribution in [0, 0.1) is 5.41 Å². The monoisotopic (exact) mass is 153 g/mol. The number of hydrogen-bond donors (Lipinski definition) is 1. The molecular formula is C9H20BN. The first-order valence-corrected chi connectivity index (χ1v) is 4.37. The molecule has 1 nitrogen and oxygen atoms in total. The van der Waals surface area contributed by atoms with Crippen molar-refractivity contribution in [3.8, 4) is 0 Å². The van der Waals surface area contributed by atoms with E-state index in [9.17, 15) is 0 Å². The van der Waals surface area contributed by atoms with Crippen LogP contribution in [0.5, 0.6) is 0 Å². The highest BCUT2D eigenvalue weighted by Crippen LogP contribution is 2.21. The van der Waals surface area contributed by atoms with E-state index in [1.54, 1.807) is 0 Å². The van der Waals surface area contributed by atoms with E-state index in [0.717, 1.165) is 13.0 Å². The van der Waals surface area contributed by atoms with Crippen LogP contribution >= 0.6 is 0 Å². The Bertz CT molecular complexity index is 124. The Hall–Kier alpha value is -0.395. The second kappa shape index (κ2) is 4.48. The molecule has 0 aliphatic heterocycles. The van der Waals surface area contributed by atoms with Crippen molar-refractivity contribution in [1.82, 2.24) is 5.32 Å². The van der Waals surface area contributed by atoms with Gasteiger partial charge in [0.2, 0.25) is 0 Å². The fourth-order valence-corrected chi connectivity index (χ4v) is 1.00. The maximum absolute atomic E-state index is 3.97. The Morgan fingerprint density at radius 2 is 2.00 bits per heavy atom. The van der Waals surface area contributed by atoms with Gasteiger partial charge in [-0.2, -0.15) is 0 Å². The van der Waals surface area contributed by atoms with Gasteiger partial charge in [0.15, 0.2) is 0 Å². The Labute approximate surface area is 71.7 Å². The zero-order valence-electron chi connectivity index (χ0n) is 8.33. The first-order chi connectivity index (χ1) is 4.95. The van der Waals surface area contributed by atoms with Crippen LogP contribution in [0.1, 0.15) is 27.2 Å². The van der Waals surface area contributed by atoms with Crippen LogP contribution in [0.4, 0.5) is 0 Å². The third-order valence-corrected chi connectivity index (χ3v) is 1.37. The van der Waals surface area contributed by atoms with Gasteiger partial charge in [-0.25, -0.2) is 0 Å². The highest BCUT2D eigenvalue weighted by Gasteiger charge is 2.10. The molecule has 64 valence electrons. The zero-order chi connectivity index (χ0) is 8.91. The molecule has 0 aliphatic rings. The van der Waals surface area contributed by atoms with Gasteiger partial charge in [-0.3, -0.25) is 0 Å². The molecule has 0 saturated heterocycles. The number of nitrogens with one attached hydrogen (secondary N) is 1. The smallest absolute Gasteiger partial charge is 0.103 e. The van der Waals surface area contributed by atoms with Gasteiger partial charge < -0.3 is 5.32 Å². The average Bonchev–Trinajstić information content (AvgIpc) is 1.79. The zero-order valence-corrected chi connectivity index (χ0v) is 8.33. The van der Waals surface area contributed by atoms with Crippen molar-refractivity contribution in [1.29, 1.82) is 0 Å². The molecule has 2 heteroatoms. The summed E-state index contributed by atoms with van der Waals surface area (Å²) < 4.78 is 0. The molecular weight excluding hydrogens is 133 g/mol. The molecule has 0 aromatic carbocycles. The standard InChI is InChI=1S/C9H20BN/c1-8(11-6-5-10)7-9(2,3)4/h11H,1,5-7,10H2,2-4H3. The molecule has 11 heavy (non-hydrogen) atoms. The lowest BCUT2D eigenvalue weighted by atomic mass is 9.91. The Morgan fingerprint density at radius 3 is 2.36 bits per heavy atom. The molecule has 0 amide bonds. The van der Waals surface area contributed by atoms with Crippen LogP contribution < -0.4 is 5.32 Å². The number of hydrogen-bond acceptors (Lipinski definition) is 1. The molecule has 0 bridgehead atoms. The van der Waals surface area contributed by atoms with Gasteiger partial charge in [-0.1, -0.05) is 33.7 Å². The summed E-state index contributed by atoms with van der Waals surface area (Å²) in [5, 5.41) is 3.29. The second-order valence-electron chi connectivity index (χ2n) is 4.27. The molecule has 0 saturated carbocycles. The third-order valence-electron chi connectivity index (χ3n) is 1.37. The van der Waals surface area contributed by atoms with Crippen LogP contribution in [0.3, 0.4) is 0 Å².